The Labute approximate surface area is 121 Å². The van der Waals surface area contributed by atoms with Gasteiger partial charge in [-0.05, 0) is 36.4 Å². The van der Waals surface area contributed by atoms with Crippen LogP contribution in [0.5, 0.6) is 0 Å². The van der Waals surface area contributed by atoms with Crippen molar-refractivity contribution in [3.63, 3.8) is 0 Å². The Morgan fingerprint density at radius 3 is 2.48 bits per heavy atom. The minimum atomic E-state index is -4.43. The number of fused-ring (bicyclic) bond motifs is 1. The molecular formula is C14H7ClF4N2. The molecule has 0 N–H and O–H groups in total. The largest absolute Gasteiger partial charge is 0.417 e. The first kappa shape index (κ1) is 13.9. The quantitative estimate of drug-likeness (QED) is 0.589. The molecule has 3 aromatic rings. The summed E-state index contributed by atoms with van der Waals surface area (Å²) in [5.74, 6) is -0.566. The zero-order valence-corrected chi connectivity index (χ0v) is 11.1. The topological polar surface area (TPSA) is 17.3 Å². The Hall–Kier alpha value is -2.08. The van der Waals surface area contributed by atoms with Crippen molar-refractivity contribution in [3.8, 4) is 11.3 Å². The number of hydrogen-bond donors (Lipinski definition) is 0. The molecule has 0 saturated heterocycles. The molecule has 0 bridgehead atoms. The van der Waals surface area contributed by atoms with Crippen LogP contribution in [0, 0.1) is 5.82 Å². The summed E-state index contributed by atoms with van der Waals surface area (Å²) in [6.45, 7) is 0. The van der Waals surface area contributed by atoms with Crippen LogP contribution in [0.1, 0.15) is 5.56 Å². The summed E-state index contributed by atoms with van der Waals surface area (Å²) in [6.07, 6.45) is -3.52. The van der Waals surface area contributed by atoms with Crippen molar-refractivity contribution in [2.75, 3.05) is 0 Å². The van der Waals surface area contributed by atoms with Gasteiger partial charge in [0.2, 0.25) is 0 Å². The molecule has 0 aliphatic heterocycles. The van der Waals surface area contributed by atoms with Gasteiger partial charge in [0.25, 0.3) is 0 Å². The van der Waals surface area contributed by atoms with E-state index in [1.807, 2.05) is 0 Å². The van der Waals surface area contributed by atoms with E-state index in [1.165, 1.54) is 24.3 Å². The molecule has 2 aromatic heterocycles. The van der Waals surface area contributed by atoms with Crippen molar-refractivity contribution < 1.29 is 17.6 Å². The maximum atomic E-state index is 13.1. The van der Waals surface area contributed by atoms with Gasteiger partial charge < -0.3 is 0 Å². The first-order chi connectivity index (χ1) is 9.84. The van der Waals surface area contributed by atoms with Crippen molar-refractivity contribution >= 4 is 17.1 Å². The number of pyridine rings is 1. The normalized spacial score (nSPS) is 12.0. The molecule has 21 heavy (non-hydrogen) atoms. The van der Waals surface area contributed by atoms with Crippen molar-refractivity contribution in [3.05, 3.63) is 59.0 Å². The molecule has 0 aliphatic rings. The number of halogens is 5. The number of benzene rings is 1. The van der Waals surface area contributed by atoms with Gasteiger partial charge in [0, 0.05) is 11.8 Å². The van der Waals surface area contributed by atoms with Gasteiger partial charge in [-0.15, -0.1) is 0 Å². The van der Waals surface area contributed by atoms with Crippen LogP contribution in [0.4, 0.5) is 17.6 Å². The summed E-state index contributed by atoms with van der Waals surface area (Å²) in [6, 6.07) is 7.94. The molecule has 0 spiro atoms. The molecule has 1 aromatic carbocycles. The van der Waals surface area contributed by atoms with Crippen LogP contribution in [0.3, 0.4) is 0 Å². The minimum absolute atomic E-state index is 0.0689. The summed E-state index contributed by atoms with van der Waals surface area (Å²) in [4.78, 5) is 0. The second kappa shape index (κ2) is 4.73. The van der Waals surface area contributed by atoms with Crippen molar-refractivity contribution in [2.45, 2.75) is 6.18 Å². The fourth-order valence-corrected chi connectivity index (χ4v) is 2.13. The lowest BCUT2D eigenvalue weighted by Gasteiger charge is -2.05. The lowest BCUT2D eigenvalue weighted by molar-refractivity contribution is -0.137. The standard InChI is InChI=1S/C14H7ClF4N2/c15-11-5-8(1-4-12(11)16)13-6-10-3-2-9(14(17,18)19)7-21(10)20-13/h1-7H. The van der Waals surface area contributed by atoms with E-state index in [2.05, 4.69) is 5.10 Å². The summed E-state index contributed by atoms with van der Waals surface area (Å²) in [5, 5.41) is 3.99. The molecule has 0 aliphatic carbocycles. The van der Waals surface area contributed by atoms with E-state index in [4.69, 9.17) is 11.6 Å². The van der Waals surface area contributed by atoms with Gasteiger partial charge in [-0.25, -0.2) is 8.91 Å². The van der Waals surface area contributed by atoms with Gasteiger partial charge in [0.15, 0.2) is 0 Å². The Morgan fingerprint density at radius 2 is 1.81 bits per heavy atom. The van der Waals surface area contributed by atoms with Gasteiger partial charge in [-0.1, -0.05) is 11.6 Å². The fraction of sp³-hybridized carbons (Fsp3) is 0.0714. The Balaban J connectivity index is 2.10. The van der Waals surface area contributed by atoms with E-state index in [0.717, 1.165) is 16.8 Å². The molecule has 0 unspecified atom stereocenters. The maximum Gasteiger partial charge on any atom is 0.417 e. The average Bonchev–Trinajstić information content (AvgIpc) is 2.83. The van der Waals surface area contributed by atoms with Crippen molar-refractivity contribution in [1.29, 1.82) is 0 Å². The molecule has 2 heterocycles. The molecule has 0 fully saturated rings. The SMILES string of the molecule is Fc1ccc(-c2cc3ccc(C(F)(F)F)cn3n2)cc1Cl. The molecule has 0 amide bonds. The number of aromatic nitrogens is 2. The first-order valence-corrected chi connectivity index (χ1v) is 6.24. The van der Waals surface area contributed by atoms with E-state index in [9.17, 15) is 17.6 Å². The third kappa shape index (κ3) is 2.58. The summed E-state index contributed by atoms with van der Waals surface area (Å²) < 4.78 is 52.2. The number of nitrogens with zero attached hydrogens (tertiary/aromatic N) is 2. The third-order valence-corrected chi connectivity index (χ3v) is 3.29. The predicted molar refractivity (Wildman–Crippen MR) is 70.6 cm³/mol. The van der Waals surface area contributed by atoms with E-state index >= 15 is 0 Å². The maximum absolute atomic E-state index is 13.1. The van der Waals surface area contributed by atoms with Crippen molar-refractivity contribution in [1.82, 2.24) is 9.61 Å². The highest BCUT2D eigenvalue weighted by molar-refractivity contribution is 6.31. The molecule has 0 radical (unpaired) electrons. The molecule has 7 heteroatoms. The highest BCUT2D eigenvalue weighted by Crippen LogP contribution is 2.30. The lowest BCUT2D eigenvalue weighted by Crippen LogP contribution is -2.06. The molecule has 2 nitrogen and oxygen atoms in total. The number of alkyl halides is 3. The van der Waals surface area contributed by atoms with Gasteiger partial charge in [0.1, 0.15) is 5.82 Å². The zero-order chi connectivity index (χ0) is 15.2. The monoisotopic (exact) mass is 314 g/mol. The van der Waals surface area contributed by atoms with E-state index in [0.29, 0.717) is 16.8 Å². The lowest BCUT2D eigenvalue weighted by atomic mass is 10.1. The van der Waals surface area contributed by atoms with Gasteiger partial charge >= 0.3 is 6.18 Å². The minimum Gasteiger partial charge on any atom is -0.240 e. The van der Waals surface area contributed by atoms with Crippen LogP contribution in [0.2, 0.25) is 5.02 Å². The van der Waals surface area contributed by atoms with E-state index in [-0.39, 0.29) is 5.02 Å². The summed E-state index contributed by atoms with van der Waals surface area (Å²) in [7, 11) is 0. The van der Waals surface area contributed by atoms with Crippen LogP contribution in [-0.2, 0) is 6.18 Å². The molecular weight excluding hydrogens is 308 g/mol. The Kier molecular flexibility index (Phi) is 3.13. The average molecular weight is 315 g/mol. The van der Waals surface area contributed by atoms with Gasteiger partial charge in [0.05, 0.1) is 21.8 Å². The van der Waals surface area contributed by atoms with E-state index in [1.54, 1.807) is 6.07 Å². The zero-order valence-electron chi connectivity index (χ0n) is 10.3. The Bertz CT molecular complexity index is 823. The second-order valence-corrected chi connectivity index (χ2v) is 4.85. The molecule has 0 saturated carbocycles. The van der Waals surface area contributed by atoms with Crippen LogP contribution in [0.15, 0.2) is 42.6 Å². The molecule has 0 atom stereocenters. The van der Waals surface area contributed by atoms with Crippen molar-refractivity contribution in [2.24, 2.45) is 0 Å². The van der Waals surface area contributed by atoms with Gasteiger partial charge in [-0.3, -0.25) is 0 Å². The highest BCUT2D eigenvalue weighted by atomic mass is 35.5. The number of hydrogen-bond acceptors (Lipinski definition) is 1. The Morgan fingerprint density at radius 1 is 1.05 bits per heavy atom. The predicted octanol–water partition coefficient (Wildman–Crippen LogP) is 4.81. The van der Waals surface area contributed by atoms with Crippen LogP contribution in [-0.4, -0.2) is 9.61 Å². The highest BCUT2D eigenvalue weighted by Gasteiger charge is 2.31. The number of rotatable bonds is 1. The molecule has 3 rings (SSSR count). The van der Waals surface area contributed by atoms with Crippen LogP contribution < -0.4 is 0 Å². The summed E-state index contributed by atoms with van der Waals surface area (Å²) in [5.41, 5.74) is 0.648. The second-order valence-electron chi connectivity index (χ2n) is 4.44. The van der Waals surface area contributed by atoms with E-state index < -0.39 is 17.6 Å². The van der Waals surface area contributed by atoms with Gasteiger partial charge in [-0.2, -0.15) is 18.3 Å². The fourth-order valence-electron chi connectivity index (χ4n) is 1.95. The molecule has 108 valence electrons. The first-order valence-electron chi connectivity index (χ1n) is 5.87. The third-order valence-electron chi connectivity index (χ3n) is 3.00. The van der Waals surface area contributed by atoms with Crippen LogP contribution in [0.25, 0.3) is 16.8 Å². The summed E-state index contributed by atoms with van der Waals surface area (Å²) >= 11 is 5.69. The van der Waals surface area contributed by atoms with Crippen LogP contribution >= 0.6 is 11.6 Å². The smallest absolute Gasteiger partial charge is 0.240 e.